The third-order valence-corrected chi connectivity index (χ3v) is 3.03. The molecule has 0 aliphatic heterocycles. The fourth-order valence-corrected chi connectivity index (χ4v) is 2.38. The maximum absolute atomic E-state index is 5.97. The van der Waals surface area contributed by atoms with Crippen LogP contribution in [0.1, 0.15) is 11.3 Å². The molecule has 90 valence electrons. The number of hydrogen-bond donors (Lipinski definition) is 2. The predicted octanol–water partition coefficient (Wildman–Crippen LogP) is 3.13. The predicted molar refractivity (Wildman–Crippen MR) is 74.5 cm³/mol. The van der Waals surface area contributed by atoms with Gasteiger partial charge in [0.15, 0.2) is 5.82 Å². The summed E-state index contributed by atoms with van der Waals surface area (Å²) in [6.45, 7) is 3.94. The molecule has 0 aliphatic rings. The SMILES string of the molecule is Cc1cc(Br)cc(Nc2c(N)c(C)nn2C)c1. The quantitative estimate of drug-likeness (QED) is 0.895. The zero-order chi connectivity index (χ0) is 12.6. The Balaban J connectivity index is 2.37. The number of hydrogen-bond acceptors (Lipinski definition) is 3. The van der Waals surface area contributed by atoms with Gasteiger partial charge in [0.1, 0.15) is 0 Å². The molecule has 1 heterocycles. The van der Waals surface area contributed by atoms with Gasteiger partial charge in [-0.3, -0.25) is 4.68 Å². The monoisotopic (exact) mass is 294 g/mol. The van der Waals surface area contributed by atoms with Crippen LogP contribution in [0.3, 0.4) is 0 Å². The summed E-state index contributed by atoms with van der Waals surface area (Å²) in [7, 11) is 1.87. The van der Waals surface area contributed by atoms with E-state index in [0.29, 0.717) is 5.69 Å². The van der Waals surface area contributed by atoms with Crippen LogP contribution in [0.5, 0.6) is 0 Å². The van der Waals surface area contributed by atoms with Crippen LogP contribution < -0.4 is 11.1 Å². The number of nitrogens with one attached hydrogen (secondary N) is 1. The molecule has 0 fully saturated rings. The van der Waals surface area contributed by atoms with Crippen molar-refractivity contribution in [2.75, 3.05) is 11.1 Å². The number of nitrogen functional groups attached to an aromatic ring is 1. The Morgan fingerprint density at radius 3 is 2.53 bits per heavy atom. The Morgan fingerprint density at radius 2 is 2.00 bits per heavy atom. The number of halogens is 1. The van der Waals surface area contributed by atoms with Crippen LogP contribution in [-0.2, 0) is 7.05 Å². The number of rotatable bonds is 2. The Kier molecular flexibility index (Phi) is 3.11. The van der Waals surface area contributed by atoms with E-state index in [9.17, 15) is 0 Å². The molecule has 0 aliphatic carbocycles. The van der Waals surface area contributed by atoms with E-state index in [0.717, 1.165) is 21.7 Å². The molecule has 3 N–H and O–H groups in total. The fourth-order valence-electron chi connectivity index (χ4n) is 1.77. The first-order valence-corrected chi connectivity index (χ1v) is 6.10. The summed E-state index contributed by atoms with van der Waals surface area (Å²) < 4.78 is 2.79. The maximum Gasteiger partial charge on any atom is 0.152 e. The Bertz CT molecular complexity index is 540. The summed E-state index contributed by atoms with van der Waals surface area (Å²) in [5, 5.41) is 7.56. The lowest BCUT2D eigenvalue weighted by Gasteiger charge is -2.09. The maximum atomic E-state index is 5.97. The van der Waals surface area contributed by atoms with Crippen molar-refractivity contribution < 1.29 is 0 Å². The number of aryl methyl sites for hydroxylation is 3. The normalized spacial score (nSPS) is 10.6. The summed E-state index contributed by atoms with van der Waals surface area (Å²) in [6.07, 6.45) is 0. The van der Waals surface area contributed by atoms with Crippen LogP contribution >= 0.6 is 15.9 Å². The van der Waals surface area contributed by atoms with Crippen molar-refractivity contribution in [1.82, 2.24) is 9.78 Å². The molecular formula is C12H15BrN4. The molecule has 4 nitrogen and oxygen atoms in total. The largest absolute Gasteiger partial charge is 0.394 e. The number of aromatic nitrogens is 2. The van der Waals surface area contributed by atoms with Crippen LogP contribution in [0.15, 0.2) is 22.7 Å². The molecule has 1 aromatic carbocycles. The highest BCUT2D eigenvalue weighted by Gasteiger charge is 2.10. The highest BCUT2D eigenvalue weighted by molar-refractivity contribution is 9.10. The minimum atomic E-state index is 0.685. The van der Waals surface area contributed by atoms with Gasteiger partial charge in [0, 0.05) is 17.2 Å². The molecule has 0 radical (unpaired) electrons. The van der Waals surface area contributed by atoms with E-state index >= 15 is 0 Å². The molecule has 5 heteroatoms. The topological polar surface area (TPSA) is 55.9 Å². The Labute approximate surface area is 109 Å². The first-order chi connectivity index (χ1) is 7.97. The van der Waals surface area contributed by atoms with Crippen molar-refractivity contribution >= 4 is 33.1 Å². The van der Waals surface area contributed by atoms with Crippen LogP contribution in [-0.4, -0.2) is 9.78 Å². The second kappa shape index (κ2) is 4.41. The molecule has 0 amide bonds. The van der Waals surface area contributed by atoms with Gasteiger partial charge >= 0.3 is 0 Å². The van der Waals surface area contributed by atoms with Crippen molar-refractivity contribution in [1.29, 1.82) is 0 Å². The molecule has 0 bridgehead atoms. The molecule has 2 rings (SSSR count). The second-order valence-corrected chi connectivity index (χ2v) is 5.03. The van der Waals surface area contributed by atoms with E-state index in [1.807, 2.05) is 27.0 Å². The van der Waals surface area contributed by atoms with Gasteiger partial charge in [-0.05, 0) is 37.6 Å². The van der Waals surface area contributed by atoms with Gasteiger partial charge in [-0.2, -0.15) is 5.10 Å². The molecule has 0 unspecified atom stereocenters. The molecule has 0 spiro atoms. The summed E-state index contributed by atoms with van der Waals surface area (Å²) in [4.78, 5) is 0. The zero-order valence-corrected chi connectivity index (χ0v) is 11.7. The molecule has 0 atom stereocenters. The third-order valence-electron chi connectivity index (χ3n) is 2.57. The van der Waals surface area contributed by atoms with E-state index in [2.05, 4.69) is 38.5 Å². The van der Waals surface area contributed by atoms with Crippen LogP contribution in [0, 0.1) is 13.8 Å². The minimum absolute atomic E-state index is 0.685. The first-order valence-electron chi connectivity index (χ1n) is 5.30. The Hall–Kier alpha value is -1.49. The third kappa shape index (κ3) is 2.44. The van der Waals surface area contributed by atoms with Crippen LogP contribution in [0.2, 0.25) is 0 Å². The van der Waals surface area contributed by atoms with E-state index in [4.69, 9.17) is 5.73 Å². The van der Waals surface area contributed by atoms with E-state index < -0.39 is 0 Å². The highest BCUT2D eigenvalue weighted by atomic mass is 79.9. The first kappa shape index (κ1) is 12.0. The highest BCUT2D eigenvalue weighted by Crippen LogP contribution is 2.27. The van der Waals surface area contributed by atoms with E-state index in [-0.39, 0.29) is 0 Å². The number of anilines is 3. The zero-order valence-electron chi connectivity index (χ0n) is 10.1. The lowest BCUT2D eigenvalue weighted by molar-refractivity contribution is 0.765. The average molecular weight is 295 g/mol. The van der Waals surface area contributed by atoms with Crippen molar-refractivity contribution in [2.45, 2.75) is 13.8 Å². The van der Waals surface area contributed by atoms with E-state index in [1.54, 1.807) is 4.68 Å². The van der Waals surface area contributed by atoms with Gasteiger partial charge in [-0.1, -0.05) is 15.9 Å². The van der Waals surface area contributed by atoms with Crippen molar-refractivity contribution in [2.24, 2.45) is 7.05 Å². The lowest BCUT2D eigenvalue weighted by Crippen LogP contribution is -2.01. The molecule has 0 saturated heterocycles. The lowest BCUT2D eigenvalue weighted by atomic mass is 10.2. The molecular weight excluding hydrogens is 280 g/mol. The van der Waals surface area contributed by atoms with Gasteiger partial charge in [0.25, 0.3) is 0 Å². The van der Waals surface area contributed by atoms with Gasteiger partial charge in [0.2, 0.25) is 0 Å². The summed E-state index contributed by atoms with van der Waals surface area (Å²) in [6, 6.07) is 6.13. The van der Waals surface area contributed by atoms with Crippen molar-refractivity contribution in [3.63, 3.8) is 0 Å². The molecule has 0 saturated carbocycles. The Morgan fingerprint density at radius 1 is 1.29 bits per heavy atom. The number of nitrogens with zero attached hydrogens (tertiary/aromatic N) is 2. The minimum Gasteiger partial charge on any atom is -0.394 e. The van der Waals surface area contributed by atoms with Gasteiger partial charge in [-0.15, -0.1) is 0 Å². The van der Waals surface area contributed by atoms with Crippen LogP contribution in [0.4, 0.5) is 17.2 Å². The molecule has 1 aromatic heterocycles. The molecule has 17 heavy (non-hydrogen) atoms. The number of benzene rings is 1. The summed E-state index contributed by atoms with van der Waals surface area (Å²) in [5.41, 5.74) is 9.66. The average Bonchev–Trinajstić information content (AvgIpc) is 2.44. The molecule has 2 aromatic rings. The number of nitrogens with two attached hydrogens (primary N) is 1. The van der Waals surface area contributed by atoms with Crippen molar-refractivity contribution in [3.8, 4) is 0 Å². The van der Waals surface area contributed by atoms with Crippen LogP contribution in [0.25, 0.3) is 0 Å². The van der Waals surface area contributed by atoms with Gasteiger partial charge < -0.3 is 11.1 Å². The standard InChI is InChI=1S/C12H15BrN4/c1-7-4-9(13)6-10(5-7)15-12-11(14)8(2)16-17(12)3/h4-6,15H,14H2,1-3H3. The fraction of sp³-hybridized carbons (Fsp3) is 0.250. The van der Waals surface area contributed by atoms with Gasteiger partial charge in [0.05, 0.1) is 11.4 Å². The smallest absolute Gasteiger partial charge is 0.152 e. The van der Waals surface area contributed by atoms with Crippen molar-refractivity contribution in [3.05, 3.63) is 33.9 Å². The summed E-state index contributed by atoms with van der Waals surface area (Å²) in [5.74, 6) is 0.819. The van der Waals surface area contributed by atoms with E-state index in [1.165, 1.54) is 5.56 Å². The summed E-state index contributed by atoms with van der Waals surface area (Å²) >= 11 is 3.47. The second-order valence-electron chi connectivity index (χ2n) is 4.11. The van der Waals surface area contributed by atoms with Gasteiger partial charge in [-0.25, -0.2) is 0 Å².